The van der Waals surface area contributed by atoms with Gasteiger partial charge in [0.1, 0.15) is 35.7 Å². The number of phosphoric acid groups is 1. The number of ether oxygens (including phenoxy) is 6. The topological polar surface area (TPSA) is 294 Å². The van der Waals surface area contributed by atoms with Gasteiger partial charge in [-0.2, -0.15) is 0 Å². The van der Waals surface area contributed by atoms with Crippen molar-refractivity contribution in [2.75, 3.05) is 6.61 Å². The molecule has 20 nitrogen and oxygen atoms in total. The minimum absolute atomic E-state index is 0.0113. The average Bonchev–Trinajstić information content (AvgIpc) is 3.37. The maximum Gasteiger partial charge on any atom is 0.524 e. The molecule has 0 aromatic heterocycles. The summed E-state index contributed by atoms with van der Waals surface area (Å²) in [5.74, 6) is -8.64. The van der Waals surface area contributed by atoms with E-state index in [1.165, 1.54) is 58.0 Å². The van der Waals surface area contributed by atoms with Gasteiger partial charge >= 0.3 is 37.7 Å². The van der Waals surface area contributed by atoms with Crippen LogP contribution in [0.15, 0.2) is 114 Å². The number of carbonyl (C=O) groups is 7. The molecule has 3 fully saturated rings. The van der Waals surface area contributed by atoms with Crippen LogP contribution in [0.4, 0.5) is 0 Å². The first-order valence-corrected chi connectivity index (χ1v) is 28.0. The van der Waals surface area contributed by atoms with Crippen LogP contribution >= 0.6 is 7.82 Å². The number of fused-ring (bicyclic) bond motifs is 5. The highest BCUT2D eigenvalue weighted by Crippen LogP contribution is 2.64. The predicted octanol–water partition coefficient (Wildman–Crippen LogP) is 6.74. The molecule has 4 aromatic carbocycles. The number of carbonyl (C=O) groups excluding carboxylic acids is 7. The number of aliphatic hydroxyl groups excluding tert-OH is 1. The van der Waals surface area contributed by atoms with Gasteiger partial charge in [0.15, 0.2) is 17.5 Å². The minimum Gasteiger partial charge on any atom is -0.455 e. The summed E-state index contributed by atoms with van der Waals surface area (Å²) in [7, 11) is -5.14. The lowest BCUT2D eigenvalue weighted by Crippen LogP contribution is -2.82. The van der Waals surface area contributed by atoms with Crippen LogP contribution < -0.4 is 9.84 Å². The van der Waals surface area contributed by atoms with Gasteiger partial charge in [-0.15, -0.1) is 0 Å². The van der Waals surface area contributed by atoms with Crippen LogP contribution in [0.2, 0.25) is 0 Å². The fourth-order valence-corrected chi connectivity index (χ4v) is 13.3. The number of Topliss-reactive ketones (excluding diaryl/α,β-unsaturated/α-hetero) is 1. The number of aryl methyl sites for hydroxylation is 2. The van der Waals surface area contributed by atoms with Crippen LogP contribution in [0.5, 0.6) is 5.75 Å². The van der Waals surface area contributed by atoms with Crippen molar-refractivity contribution in [1.82, 2.24) is 5.32 Å². The normalized spacial score (nSPS) is 27.5. The molecule has 8 rings (SSSR count). The summed E-state index contributed by atoms with van der Waals surface area (Å²) in [4.78, 5) is 122. The summed E-state index contributed by atoms with van der Waals surface area (Å²) in [5.41, 5.74) is -7.96. The molecule has 1 aliphatic heterocycles. The molecule has 0 spiro atoms. The molecular weight excluding hydrogens is 1070 g/mol. The van der Waals surface area contributed by atoms with Crippen LogP contribution in [-0.4, -0.2) is 116 Å². The van der Waals surface area contributed by atoms with Gasteiger partial charge in [-0.3, -0.25) is 33.8 Å². The summed E-state index contributed by atoms with van der Waals surface area (Å²) >= 11 is 0. The number of phosphoric ester groups is 1. The van der Waals surface area contributed by atoms with Gasteiger partial charge in [0.2, 0.25) is 6.10 Å². The monoisotopic (exact) mass is 1140 g/mol. The average molecular weight is 1140 g/mol. The van der Waals surface area contributed by atoms with Crippen molar-refractivity contribution in [3.8, 4) is 5.75 Å². The molecule has 2 bridgehead atoms. The van der Waals surface area contributed by atoms with E-state index in [1.807, 2.05) is 0 Å². The highest BCUT2D eigenvalue weighted by Gasteiger charge is 2.78. The van der Waals surface area contributed by atoms with E-state index in [0.717, 1.165) is 13.8 Å². The predicted molar refractivity (Wildman–Crippen MR) is 288 cm³/mol. The Morgan fingerprint density at radius 3 is 1.98 bits per heavy atom. The highest BCUT2D eigenvalue weighted by atomic mass is 31.2. The summed E-state index contributed by atoms with van der Waals surface area (Å²) in [6.45, 7) is 14.3. The van der Waals surface area contributed by atoms with E-state index in [4.69, 9.17) is 32.9 Å². The van der Waals surface area contributed by atoms with Gasteiger partial charge in [0.05, 0.1) is 36.0 Å². The number of rotatable bonds is 16. The Kier molecular flexibility index (Phi) is 16.6. The zero-order valence-electron chi connectivity index (χ0n) is 46.6. The van der Waals surface area contributed by atoms with Crippen molar-refractivity contribution in [3.63, 3.8) is 0 Å². The van der Waals surface area contributed by atoms with Gasteiger partial charge < -0.3 is 48.5 Å². The smallest absolute Gasteiger partial charge is 0.455 e. The Balaban J connectivity index is 1.30. The number of benzene rings is 4. The fraction of sp³-hybridized carbons (Fsp3) is 0.450. The lowest BCUT2D eigenvalue weighted by molar-refractivity contribution is -0.346. The van der Waals surface area contributed by atoms with E-state index in [1.54, 1.807) is 100 Å². The molecule has 432 valence electrons. The van der Waals surface area contributed by atoms with Gasteiger partial charge in [-0.1, -0.05) is 100 Å². The zero-order valence-corrected chi connectivity index (χ0v) is 47.5. The molecule has 1 amide bonds. The summed E-state index contributed by atoms with van der Waals surface area (Å²) in [5, 5.41) is 29.2. The van der Waals surface area contributed by atoms with Gasteiger partial charge in [-0.25, -0.2) is 14.2 Å². The third-order valence-corrected chi connectivity index (χ3v) is 17.1. The molecule has 5 N–H and O–H groups in total. The standard InChI is InChI=1S/C60H68NO19P/c1-32-26-33(2)45(40(27-32)80-81(71,72)73)56(6,7)30-44(65)77-49(47(37-20-14-11-15-21-37)61-53(67)38-22-16-12-17-23-38)55(69)76-41-29-60(70)52(78-54(68)39-24-18-13-19-25-39)50-58(10,42(64)28-43-59(50,31-74-43)79-36(5)63)51(66)48(75-35(4)62)46(34(41)3)57(60,8)9/h11-27,41-43,47-50,52,64,70H,28-31H2,1-10H3,(H,61,67)(H2,71,72,73)/t41-,42+,43-,47+,48-,49-,50+,52+,58-,59+,60-/m1/s1. The molecule has 1 saturated heterocycles. The van der Waals surface area contributed by atoms with Gasteiger partial charge in [0, 0.05) is 48.6 Å². The largest absolute Gasteiger partial charge is 0.524 e. The van der Waals surface area contributed by atoms with Crippen molar-refractivity contribution in [2.45, 2.75) is 148 Å². The van der Waals surface area contributed by atoms with Crippen LogP contribution in [0, 0.1) is 30.6 Å². The van der Waals surface area contributed by atoms with Crippen molar-refractivity contribution < 1.29 is 91.1 Å². The highest BCUT2D eigenvalue weighted by molar-refractivity contribution is 7.46. The molecule has 0 unspecified atom stereocenters. The molecule has 11 atom stereocenters. The Morgan fingerprint density at radius 2 is 1.42 bits per heavy atom. The maximum absolute atomic E-state index is 15.9. The van der Waals surface area contributed by atoms with Crippen molar-refractivity contribution in [2.24, 2.45) is 16.7 Å². The Morgan fingerprint density at radius 1 is 0.827 bits per heavy atom. The van der Waals surface area contributed by atoms with Crippen LogP contribution in [-0.2, 0) is 62.4 Å². The first-order valence-electron chi connectivity index (χ1n) is 26.4. The molecule has 81 heavy (non-hydrogen) atoms. The van der Waals surface area contributed by atoms with E-state index in [2.05, 4.69) is 5.32 Å². The number of aliphatic hydroxyl groups is 2. The molecule has 1 heterocycles. The second-order valence-electron chi connectivity index (χ2n) is 22.9. The molecule has 4 aliphatic rings. The SMILES string of the molecule is CC(=O)O[C@H]1C(=O)[C@@]2(C)[C@H]([C@H](OC(=O)c3ccccc3)[C@]3(O)C[C@@H](OC(=O)[C@H](OC(=O)CC(C)(C)c4c(C)cc(C)cc4OP(=O)(O)O)[C@@H](NC(=O)c4ccccc4)c4ccccc4)C(C)=C1C3(C)C)[C@]1(OC(C)=O)CO[C@@H]1C[C@@H]2O. The van der Waals surface area contributed by atoms with Gasteiger partial charge in [-0.05, 0) is 85.9 Å². The third kappa shape index (κ3) is 11.3. The molecule has 21 heteroatoms. The van der Waals surface area contributed by atoms with Gasteiger partial charge in [0.25, 0.3) is 5.91 Å². The molecule has 3 aliphatic carbocycles. The van der Waals surface area contributed by atoms with E-state index < -0.39 is 138 Å². The Labute approximate surface area is 468 Å². The first kappa shape index (κ1) is 60.0. The number of esters is 5. The van der Waals surface area contributed by atoms with Crippen molar-refractivity contribution in [1.29, 1.82) is 0 Å². The summed E-state index contributed by atoms with van der Waals surface area (Å²) in [6, 6.07) is 25.3. The Bertz CT molecular complexity index is 3210. The Hall–Kier alpha value is -7.06. The number of amides is 1. The maximum atomic E-state index is 15.9. The summed E-state index contributed by atoms with van der Waals surface area (Å²) < 4.78 is 54.6. The lowest BCUT2D eigenvalue weighted by Gasteiger charge is -2.67. The number of ketones is 1. The van der Waals surface area contributed by atoms with Crippen molar-refractivity contribution >= 4 is 49.4 Å². The van der Waals surface area contributed by atoms with Crippen molar-refractivity contribution in [3.05, 3.63) is 148 Å². The van der Waals surface area contributed by atoms with Crippen LogP contribution in [0.25, 0.3) is 0 Å². The molecule has 4 aromatic rings. The quantitative estimate of drug-likeness (QED) is 0.0336. The lowest BCUT2D eigenvalue weighted by atomic mass is 9.44. The fourth-order valence-electron chi connectivity index (χ4n) is 12.9. The number of hydrogen-bond donors (Lipinski definition) is 5. The second-order valence-corrected chi connectivity index (χ2v) is 24.1. The minimum atomic E-state index is -5.14. The van der Waals surface area contributed by atoms with Crippen LogP contribution in [0.3, 0.4) is 0 Å². The van der Waals surface area contributed by atoms with E-state index in [-0.39, 0.29) is 52.2 Å². The molecule has 0 radical (unpaired) electrons. The molecular formula is C60H68NO19P. The first-order chi connectivity index (χ1) is 37.9. The van der Waals surface area contributed by atoms with E-state index in [0.29, 0.717) is 11.1 Å². The third-order valence-electron chi connectivity index (χ3n) is 16.6. The molecule has 2 saturated carbocycles. The second kappa shape index (κ2) is 22.4. The zero-order chi connectivity index (χ0) is 59.4. The number of hydrogen-bond acceptors (Lipinski definition) is 17. The number of nitrogens with one attached hydrogen (secondary N) is 1. The van der Waals surface area contributed by atoms with E-state index in [9.17, 15) is 48.5 Å². The summed E-state index contributed by atoms with van der Waals surface area (Å²) in [6.07, 6.45) is -11.9. The van der Waals surface area contributed by atoms with Crippen LogP contribution in [0.1, 0.15) is 124 Å². The van der Waals surface area contributed by atoms with E-state index >= 15 is 9.59 Å².